The summed E-state index contributed by atoms with van der Waals surface area (Å²) in [5.41, 5.74) is 10.8. The van der Waals surface area contributed by atoms with Crippen LogP contribution in [0.25, 0.3) is 0 Å². The van der Waals surface area contributed by atoms with Crippen LogP contribution in [0.1, 0.15) is 58.4 Å². The number of ether oxygens (including phenoxy) is 2. The molecule has 0 bridgehead atoms. The van der Waals surface area contributed by atoms with Gasteiger partial charge in [0.25, 0.3) is 0 Å². The fraction of sp³-hybridized carbons (Fsp3) is 0.385. The van der Waals surface area contributed by atoms with E-state index < -0.39 is 21.6 Å². The number of hydrogen-bond acceptors (Lipinski definition) is 2. The number of rotatable bonds is 8. The summed E-state index contributed by atoms with van der Waals surface area (Å²) in [5, 5.41) is 5.66. The van der Waals surface area contributed by atoms with Gasteiger partial charge in [-0.2, -0.15) is 0 Å². The first-order valence-electron chi connectivity index (χ1n) is 15.5. The van der Waals surface area contributed by atoms with Gasteiger partial charge in [-0.05, 0) is 151 Å². The van der Waals surface area contributed by atoms with Gasteiger partial charge in [0.15, 0.2) is 5.79 Å². The Balaban J connectivity index is 1.54. The summed E-state index contributed by atoms with van der Waals surface area (Å²) in [6, 6.07) is 28.1. The molecule has 0 amide bonds. The monoisotopic (exact) mass is 610 g/mol. The minimum Gasteiger partial charge on any atom is -0.344 e. The van der Waals surface area contributed by atoms with Crippen LogP contribution < -0.4 is 21.2 Å². The molecule has 43 heavy (non-hydrogen) atoms. The van der Waals surface area contributed by atoms with Crippen LogP contribution in [0.3, 0.4) is 0 Å². The zero-order chi connectivity index (χ0) is 31.1. The van der Waals surface area contributed by atoms with Gasteiger partial charge in [-0.25, -0.2) is 0 Å². The van der Waals surface area contributed by atoms with Gasteiger partial charge in [0.1, 0.15) is 0 Å². The Labute approximate surface area is 262 Å². The molecule has 1 aliphatic heterocycles. The maximum atomic E-state index is 6.81. The van der Waals surface area contributed by atoms with E-state index in [1.807, 2.05) is 0 Å². The lowest BCUT2D eigenvalue weighted by Crippen LogP contribution is -2.34. The van der Waals surface area contributed by atoms with Crippen molar-refractivity contribution >= 4 is 37.1 Å². The maximum Gasteiger partial charge on any atom is 0.163 e. The fourth-order valence-corrected chi connectivity index (χ4v) is 11.1. The van der Waals surface area contributed by atoms with Crippen LogP contribution in [0.5, 0.6) is 0 Å². The smallest absolute Gasteiger partial charge is 0.163 e. The highest BCUT2D eigenvalue weighted by Crippen LogP contribution is 2.45. The second kappa shape index (κ2) is 12.9. The van der Waals surface area contributed by atoms with Crippen molar-refractivity contribution in [2.24, 2.45) is 0 Å². The van der Waals surface area contributed by atoms with Crippen molar-refractivity contribution in [3.63, 3.8) is 0 Å². The van der Waals surface area contributed by atoms with Crippen LogP contribution in [-0.2, 0) is 9.47 Å². The predicted molar refractivity (Wildman–Crippen MR) is 190 cm³/mol. The first-order chi connectivity index (χ1) is 20.3. The molecule has 0 spiro atoms. The van der Waals surface area contributed by atoms with E-state index in [2.05, 4.69) is 142 Å². The average Bonchev–Trinajstić information content (AvgIpc) is 3.25. The van der Waals surface area contributed by atoms with Gasteiger partial charge in [0.05, 0.1) is 12.2 Å². The Hall–Kier alpha value is -2.34. The Morgan fingerprint density at radius 1 is 0.442 bits per heavy atom. The Morgan fingerprint density at radius 3 is 0.930 bits per heavy atom. The van der Waals surface area contributed by atoms with Crippen molar-refractivity contribution in [2.45, 2.75) is 87.2 Å². The van der Waals surface area contributed by atoms with E-state index in [1.54, 1.807) is 0 Å². The third kappa shape index (κ3) is 7.32. The molecule has 0 aliphatic carbocycles. The van der Waals surface area contributed by atoms with E-state index in [4.69, 9.17) is 9.47 Å². The highest BCUT2D eigenvalue weighted by Gasteiger charge is 2.43. The molecule has 0 aromatic heterocycles. The second-order valence-electron chi connectivity index (χ2n) is 13.0. The first kappa shape index (κ1) is 32.1. The summed E-state index contributed by atoms with van der Waals surface area (Å²) in [6.45, 7) is 21.9. The zero-order valence-corrected chi connectivity index (χ0v) is 29.5. The van der Waals surface area contributed by atoms with Crippen molar-refractivity contribution in [1.29, 1.82) is 0 Å². The summed E-state index contributed by atoms with van der Waals surface area (Å²) in [6.07, 6.45) is 1.90. The molecule has 1 aliphatic rings. The summed E-state index contributed by atoms with van der Waals surface area (Å²) < 4.78 is 13.6. The molecular weight excluding hydrogens is 562 g/mol. The molecule has 4 aromatic carbocycles. The third-order valence-electron chi connectivity index (χ3n) is 9.22. The highest BCUT2D eigenvalue weighted by molar-refractivity contribution is 7.73. The summed E-state index contributed by atoms with van der Waals surface area (Å²) in [7, 11) is -1.27. The van der Waals surface area contributed by atoms with Gasteiger partial charge >= 0.3 is 0 Å². The number of aryl methyl sites for hydroxylation is 8. The number of benzene rings is 4. The highest BCUT2D eigenvalue weighted by atomic mass is 31.1. The van der Waals surface area contributed by atoms with E-state index in [0.29, 0.717) is 0 Å². The average molecular weight is 611 g/mol. The standard InChI is InChI=1S/C39H48O2P2/c1-25-11-15-33(19-29(25)5)42(34-16-12-26(2)30(6)20-34)23-37-38(41-39(9,10)40-37)24-43(35-17-13-27(3)31(7)21-35)36-18-14-28(4)32(8)22-36/h11-22,37-38H,23-24H2,1-10H3. The van der Waals surface area contributed by atoms with Crippen molar-refractivity contribution in [2.75, 3.05) is 12.3 Å². The lowest BCUT2D eigenvalue weighted by molar-refractivity contribution is -0.142. The SMILES string of the molecule is Cc1ccc(P(CC2OC(C)(C)OC2CP(c2ccc(C)c(C)c2)c2ccc(C)c(C)c2)c2ccc(C)c(C)c2)cc1C. The van der Waals surface area contributed by atoms with Gasteiger partial charge in [-0.15, -0.1) is 0 Å². The minimum absolute atomic E-state index is 0.00687. The second-order valence-corrected chi connectivity index (χ2v) is 17.5. The molecule has 0 N–H and O–H groups in total. The van der Waals surface area contributed by atoms with Gasteiger partial charge < -0.3 is 9.47 Å². The van der Waals surface area contributed by atoms with Crippen LogP contribution in [0, 0.1) is 55.4 Å². The molecule has 2 unspecified atom stereocenters. The first-order valence-corrected chi connectivity index (χ1v) is 18.6. The van der Waals surface area contributed by atoms with Crippen molar-refractivity contribution in [3.05, 3.63) is 117 Å². The molecule has 0 saturated carbocycles. The molecule has 4 heteroatoms. The molecule has 4 aromatic rings. The quantitative estimate of drug-likeness (QED) is 0.187. The Bertz CT molecular complexity index is 1400. The Kier molecular flexibility index (Phi) is 9.66. The zero-order valence-electron chi connectivity index (χ0n) is 27.7. The van der Waals surface area contributed by atoms with Crippen LogP contribution >= 0.6 is 15.8 Å². The Morgan fingerprint density at radius 2 is 0.698 bits per heavy atom. The largest absolute Gasteiger partial charge is 0.344 e. The van der Waals surface area contributed by atoms with E-state index >= 15 is 0 Å². The summed E-state index contributed by atoms with van der Waals surface area (Å²) in [5.74, 6) is -0.615. The van der Waals surface area contributed by atoms with Crippen molar-refractivity contribution in [3.8, 4) is 0 Å². The number of hydrogen-bond donors (Lipinski definition) is 0. The molecule has 2 atom stereocenters. The maximum absolute atomic E-state index is 6.81. The van der Waals surface area contributed by atoms with Gasteiger partial charge in [-0.1, -0.05) is 72.8 Å². The fourth-order valence-electron chi connectivity index (χ4n) is 5.87. The third-order valence-corrected chi connectivity index (χ3v) is 14.3. The van der Waals surface area contributed by atoms with Gasteiger partial charge in [-0.3, -0.25) is 0 Å². The van der Waals surface area contributed by atoms with Crippen molar-refractivity contribution < 1.29 is 9.47 Å². The topological polar surface area (TPSA) is 18.5 Å². The van der Waals surface area contributed by atoms with Crippen molar-refractivity contribution in [1.82, 2.24) is 0 Å². The molecule has 226 valence electrons. The predicted octanol–water partition coefficient (Wildman–Crippen LogP) is 8.24. The lowest BCUT2D eigenvalue weighted by atomic mass is 10.1. The molecule has 1 fully saturated rings. The molecule has 1 saturated heterocycles. The van der Waals surface area contributed by atoms with Gasteiger partial charge in [0, 0.05) is 12.3 Å². The molecular formula is C39H48O2P2. The van der Waals surface area contributed by atoms with Gasteiger partial charge in [0.2, 0.25) is 0 Å². The summed E-state index contributed by atoms with van der Waals surface area (Å²) >= 11 is 0. The molecule has 2 nitrogen and oxygen atoms in total. The van der Waals surface area contributed by atoms with E-state index in [0.717, 1.165) is 12.3 Å². The molecule has 0 radical (unpaired) electrons. The van der Waals surface area contributed by atoms with E-state index in [1.165, 1.54) is 65.7 Å². The van der Waals surface area contributed by atoms with Crippen LogP contribution in [0.2, 0.25) is 0 Å². The van der Waals surface area contributed by atoms with Crippen LogP contribution in [0.4, 0.5) is 0 Å². The molecule has 5 rings (SSSR count). The molecule has 1 heterocycles. The van der Waals surface area contributed by atoms with Crippen LogP contribution in [-0.4, -0.2) is 30.3 Å². The van der Waals surface area contributed by atoms with E-state index in [-0.39, 0.29) is 12.2 Å². The van der Waals surface area contributed by atoms with Crippen LogP contribution in [0.15, 0.2) is 72.8 Å². The minimum atomic E-state index is -0.637. The van der Waals surface area contributed by atoms with E-state index in [9.17, 15) is 0 Å². The lowest BCUT2D eigenvalue weighted by Gasteiger charge is -2.28. The normalized spacial score (nSPS) is 18.1. The summed E-state index contributed by atoms with van der Waals surface area (Å²) in [4.78, 5) is 0.